The Morgan fingerprint density at radius 1 is 1.47 bits per heavy atom. The van der Waals surface area contributed by atoms with Gasteiger partial charge in [0.1, 0.15) is 6.04 Å². The molecule has 1 heterocycles. The Hall–Kier alpha value is -0.320. The number of carbonyl (C=O) groups excluding carboxylic acids is 1. The number of hydrogen-bond acceptors (Lipinski definition) is 3. The van der Waals surface area contributed by atoms with Crippen LogP contribution in [0.5, 0.6) is 0 Å². The van der Waals surface area contributed by atoms with Gasteiger partial charge >= 0.3 is 0 Å². The van der Waals surface area contributed by atoms with E-state index in [0.717, 1.165) is 25.3 Å². The Kier molecular flexibility index (Phi) is 4.83. The number of rotatable bonds is 2. The Bertz CT molecular complexity index is 213. The summed E-state index contributed by atoms with van der Waals surface area (Å²) in [6.45, 7) is 4.21. The number of hydrogen-bond donors (Lipinski definition) is 2. The summed E-state index contributed by atoms with van der Waals surface area (Å²) in [5.74, 6) is 0.873. The summed E-state index contributed by atoms with van der Waals surface area (Å²) < 4.78 is 5.23. The van der Waals surface area contributed by atoms with Crippen molar-refractivity contribution < 1.29 is 9.53 Å². The SMILES string of the molecule is CC1CC(NC(=O)[C@H]2COCCN2)C1.Cl. The van der Waals surface area contributed by atoms with Crippen molar-refractivity contribution in [3.05, 3.63) is 0 Å². The summed E-state index contributed by atoms with van der Waals surface area (Å²) >= 11 is 0. The Morgan fingerprint density at radius 2 is 2.20 bits per heavy atom. The number of amides is 1. The lowest BCUT2D eigenvalue weighted by molar-refractivity contribution is -0.127. The first kappa shape index (κ1) is 12.7. The molecule has 0 bridgehead atoms. The number of nitrogens with one attached hydrogen (secondary N) is 2. The maximum absolute atomic E-state index is 11.7. The van der Waals surface area contributed by atoms with Crippen LogP contribution in [0.2, 0.25) is 0 Å². The molecule has 1 aliphatic carbocycles. The van der Waals surface area contributed by atoms with E-state index in [2.05, 4.69) is 17.6 Å². The lowest BCUT2D eigenvalue weighted by Gasteiger charge is -2.35. The molecule has 15 heavy (non-hydrogen) atoms. The van der Waals surface area contributed by atoms with E-state index in [-0.39, 0.29) is 24.4 Å². The molecule has 0 aromatic carbocycles. The molecule has 1 aliphatic heterocycles. The molecule has 1 atom stereocenters. The second-order valence-electron chi connectivity index (χ2n) is 4.36. The lowest BCUT2D eigenvalue weighted by Crippen LogP contribution is -2.55. The maximum atomic E-state index is 11.7. The van der Waals surface area contributed by atoms with E-state index in [1.807, 2.05) is 0 Å². The highest BCUT2D eigenvalue weighted by atomic mass is 35.5. The van der Waals surface area contributed by atoms with E-state index in [1.165, 1.54) is 0 Å². The molecule has 2 rings (SSSR count). The van der Waals surface area contributed by atoms with Crippen molar-refractivity contribution >= 4 is 18.3 Å². The summed E-state index contributed by atoms with van der Waals surface area (Å²) in [5, 5.41) is 6.18. The molecule has 1 saturated carbocycles. The summed E-state index contributed by atoms with van der Waals surface area (Å²) in [6.07, 6.45) is 2.25. The molecule has 1 saturated heterocycles. The smallest absolute Gasteiger partial charge is 0.239 e. The van der Waals surface area contributed by atoms with Crippen LogP contribution in [0.1, 0.15) is 19.8 Å². The fraction of sp³-hybridized carbons (Fsp3) is 0.900. The highest BCUT2D eigenvalue weighted by Gasteiger charge is 2.29. The predicted molar refractivity (Wildman–Crippen MR) is 60.2 cm³/mol. The van der Waals surface area contributed by atoms with Crippen LogP contribution in [0.3, 0.4) is 0 Å². The van der Waals surface area contributed by atoms with E-state index >= 15 is 0 Å². The molecule has 0 aromatic heterocycles. The van der Waals surface area contributed by atoms with Crippen LogP contribution in [0.4, 0.5) is 0 Å². The van der Waals surface area contributed by atoms with E-state index in [4.69, 9.17) is 4.74 Å². The van der Waals surface area contributed by atoms with Crippen LogP contribution < -0.4 is 10.6 Å². The number of morpholine rings is 1. The molecule has 0 unspecified atom stereocenters. The van der Waals surface area contributed by atoms with Crippen molar-refractivity contribution in [2.24, 2.45) is 5.92 Å². The van der Waals surface area contributed by atoms with Crippen molar-refractivity contribution in [3.8, 4) is 0 Å². The first-order valence-corrected chi connectivity index (χ1v) is 5.37. The van der Waals surface area contributed by atoms with Crippen LogP contribution in [0.25, 0.3) is 0 Å². The lowest BCUT2D eigenvalue weighted by atomic mass is 9.82. The summed E-state index contributed by atoms with van der Waals surface area (Å²) in [5.41, 5.74) is 0. The van der Waals surface area contributed by atoms with Crippen molar-refractivity contribution in [3.63, 3.8) is 0 Å². The summed E-state index contributed by atoms with van der Waals surface area (Å²) in [7, 11) is 0. The van der Waals surface area contributed by atoms with Gasteiger partial charge in [-0.2, -0.15) is 0 Å². The van der Waals surface area contributed by atoms with Gasteiger partial charge in [0, 0.05) is 12.6 Å². The van der Waals surface area contributed by atoms with Gasteiger partial charge in [-0.05, 0) is 18.8 Å². The van der Waals surface area contributed by atoms with E-state index in [1.54, 1.807) is 0 Å². The highest BCUT2D eigenvalue weighted by molar-refractivity contribution is 5.85. The number of carbonyl (C=O) groups is 1. The minimum atomic E-state index is -0.139. The molecule has 5 heteroatoms. The van der Waals surface area contributed by atoms with Gasteiger partial charge in [0.2, 0.25) is 5.91 Å². The molecule has 2 aliphatic rings. The van der Waals surface area contributed by atoms with E-state index in [9.17, 15) is 4.79 Å². The van der Waals surface area contributed by atoms with Crippen molar-refractivity contribution in [2.45, 2.75) is 31.8 Å². The first-order chi connectivity index (χ1) is 6.75. The van der Waals surface area contributed by atoms with Gasteiger partial charge in [-0.1, -0.05) is 6.92 Å². The van der Waals surface area contributed by atoms with Gasteiger partial charge in [0.15, 0.2) is 0 Å². The van der Waals surface area contributed by atoms with Gasteiger partial charge in [-0.3, -0.25) is 4.79 Å². The molecule has 2 fully saturated rings. The van der Waals surface area contributed by atoms with Crippen molar-refractivity contribution in [1.29, 1.82) is 0 Å². The standard InChI is InChI=1S/C10H18N2O2.ClH/c1-7-4-8(5-7)12-10(13)9-6-14-3-2-11-9;/h7-9,11H,2-6H2,1H3,(H,12,13);1H/t7?,8?,9-;/m1./s1. The minimum absolute atomic E-state index is 0. The molecule has 0 aromatic rings. The summed E-state index contributed by atoms with van der Waals surface area (Å²) in [6, 6.07) is 0.265. The third-order valence-corrected chi connectivity index (χ3v) is 2.96. The molecular weight excluding hydrogens is 216 g/mol. The van der Waals surface area contributed by atoms with Gasteiger partial charge in [0.05, 0.1) is 13.2 Å². The zero-order chi connectivity index (χ0) is 9.97. The van der Waals surface area contributed by atoms with Gasteiger partial charge < -0.3 is 15.4 Å². The van der Waals surface area contributed by atoms with E-state index in [0.29, 0.717) is 19.3 Å². The molecule has 4 nitrogen and oxygen atoms in total. The largest absolute Gasteiger partial charge is 0.378 e. The van der Waals surface area contributed by atoms with Crippen LogP contribution in [0, 0.1) is 5.92 Å². The molecule has 0 radical (unpaired) electrons. The highest BCUT2D eigenvalue weighted by Crippen LogP contribution is 2.26. The van der Waals surface area contributed by atoms with Crippen molar-refractivity contribution in [1.82, 2.24) is 10.6 Å². The second-order valence-corrected chi connectivity index (χ2v) is 4.36. The van der Waals surface area contributed by atoms with Crippen LogP contribution in [-0.4, -0.2) is 37.7 Å². The van der Waals surface area contributed by atoms with Crippen LogP contribution in [-0.2, 0) is 9.53 Å². The van der Waals surface area contributed by atoms with Crippen molar-refractivity contribution in [2.75, 3.05) is 19.8 Å². The predicted octanol–water partition coefficient (Wildman–Crippen LogP) is 0.311. The zero-order valence-corrected chi connectivity index (χ0v) is 9.81. The molecular formula is C10H19ClN2O2. The maximum Gasteiger partial charge on any atom is 0.239 e. The molecule has 0 spiro atoms. The molecule has 2 N–H and O–H groups in total. The Balaban J connectivity index is 0.00000112. The van der Waals surface area contributed by atoms with Crippen LogP contribution >= 0.6 is 12.4 Å². The molecule has 1 amide bonds. The number of halogens is 1. The quantitative estimate of drug-likeness (QED) is 0.723. The van der Waals surface area contributed by atoms with Gasteiger partial charge in [-0.15, -0.1) is 12.4 Å². The van der Waals surface area contributed by atoms with Gasteiger partial charge in [0.25, 0.3) is 0 Å². The first-order valence-electron chi connectivity index (χ1n) is 5.37. The monoisotopic (exact) mass is 234 g/mol. The normalized spacial score (nSPS) is 34.9. The van der Waals surface area contributed by atoms with E-state index < -0.39 is 0 Å². The topological polar surface area (TPSA) is 50.4 Å². The average molecular weight is 235 g/mol. The molecule has 88 valence electrons. The second kappa shape index (κ2) is 5.68. The number of ether oxygens (including phenoxy) is 1. The van der Waals surface area contributed by atoms with Crippen LogP contribution in [0.15, 0.2) is 0 Å². The Labute approximate surface area is 96.5 Å². The fourth-order valence-corrected chi connectivity index (χ4v) is 2.06. The minimum Gasteiger partial charge on any atom is -0.378 e. The summed E-state index contributed by atoms with van der Waals surface area (Å²) in [4.78, 5) is 11.7. The Morgan fingerprint density at radius 3 is 2.73 bits per heavy atom. The van der Waals surface area contributed by atoms with Gasteiger partial charge in [-0.25, -0.2) is 0 Å². The third-order valence-electron chi connectivity index (χ3n) is 2.96. The fourth-order valence-electron chi connectivity index (χ4n) is 2.06. The zero-order valence-electron chi connectivity index (χ0n) is 8.99. The average Bonchev–Trinajstić information content (AvgIpc) is 2.17. The third kappa shape index (κ3) is 3.33.